The number of hydrogen-bond donors (Lipinski definition) is 1. The molecule has 0 aromatic carbocycles. The van der Waals surface area contributed by atoms with Gasteiger partial charge in [-0.3, -0.25) is 9.36 Å². The highest BCUT2D eigenvalue weighted by Crippen LogP contribution is 2.26. The van der Waals surface area contributed by atoms with E-state index < -0.39 is 0 Å². The van der Waals surface area contributed by atoms with Crippen molar-refractivity contribution in [3.8, 4) is 5.88 Å². The Bertz CT molecular complexity index is 382. The Morgan fingerprint density at radius 3 is 2.54 bits per heavy atom. The lowest BCUT2D eigenvalue weighted by Gasteiger charge is -2.13. The smallest absolute Gasteiger partial charge is 0.253 e. The second-order valence-corrected chi connectivity index (χ2v) is 3.64. The quantitative estimate of drug-likeness (QED) is 0.756. The molecule has 0 amide bonds. The first kappa shape index (κ1) is 10.1. The summed E-state index contributed by atoms with van der Waals surface area (Å²) in [6.45, 7) is 5.31. The van der Waals surface area contributed by atoms with Crippen molar-refractivity contribution in [2.75, 3.05) is 0 Å². The third kappa shape index (κ3) is 1.70. The van der Waals surface area contributed by atoms with Gasteiger partial charge < -0.3 is 5.11 Å². The van der Waals surface area contributed by atoms with Crippen LogP contribution in [0.1, 0.15) is 25.5 Å². The van der Waals surface area contributed by atoms with Gasteiger partial charge in [-0.25, -0.2) is 0 Å². The van der Waals surface area contributed by atoms with Crippen molar-refractivity contribution >= 4 is 11.6 Å². The summed E-state index contributed by atoms with van der Waals surface area (Å²) in [7, 11) is 0. The van der Waals surface area contributed by atoms with Gasteiger partial charge in [0.1, 0.15) is 5.02 Å². The molecule has 1 aromatic heterocycles. The molecule has 4 heteroatoms. The fourth-order valence-corrected chi connectivity index (χ4v) is 1.35. The van der Waals surface area contributed by atoms with E-state index in [1.807, 2.05) is 13.8 Å². The highest BCUT2D eigenvalue weighted by molar-refractivity contribution is 6.32. The number of aromatic nitrogens is 1. The lowest BCUT2D eigenvalue weighted by molar-refractivity contribution is 0.388. The van der Waals surface area contributed by atoms with Crippen LogP contribution in [0.2, 0.25) is 5.02 Å². The molecule has 1 N–H and O–H groups in total. The summed E-state index contributed by atoms with van der Waals surface area (Å²) < 4.78 is 1.26. The molecule has 0 atom stereocenters. The van der Waals surface area contributed by atoms with Crippen LogP contribution in [0.3, 0.4) is 0 Å². The molecule has 72 valence electrons. The second kappa shape index (κ2) is 3.42. The van der Waals surface area contributed by atoms with E-state index in [1.165, 1.54) is 10.6 Å². The molecule has 0 radical (unpaired) electrons. The highest BCUT2D eigenvalue weighted by atomic mass is 35.5. The molecule has 0 aliphatic rings. The molecule has 0 fully saturated rings. The Morgan fingerprint density at radius 2 is 2.08 bits per heavy atom. The van der Waals surface area contributed by atoms with Gasteiger partial charge in [-0.1, -0.05) is 11.6 Å². The van der Waals surface area contributed by atoms with E-state index in [2.05, 4.69) is 0 Å². The van der Waals surface area contributed by atoms with Crippen LogP contribution in [-0.2, 0) is 0 Å². The molecule has 0 bridgehead atoms. The zero-order valence-electron chi connectivity index (χ0n) is 7.84. The summed E-state index contributed by atoms with van der Waals surface area (Å²) in [5.74, 6) is -0.151. The molecule has 0 saturated heterocycles. The first-order valence-corrected chi connectivity index (χ1v) is 4.43. The van der Waals surface area contributed by atoms with E-state index in [9.17, 15) is 9.90 Å². The van der Waals surface area contributed by atoms with Crippen molar-refractivity contribution in [3.05, 3.63) is 27.0 Å². The van der Waals surface area contributed by atoms with Gasteiger partial charge in [-0.15, -0.1) is 0 Å². The number of rotatable bonds is 1. The number of aromatic hydroxyl groups is 1. The van der Waals surface area contributed by atoms with Gasteiger partial charge >= 0.3 is 0 Å². The minimum absolute atomic E-state index is 0.0920. The van der Waals surface area contributed by atoms with Crippen LogP contribution in [0.25, 0.3) is 0 Å². The average molecular weight is 202 g/mol. The Balaban J connectivity index is 3.54. The fourth-order valence-electron chi connectivity index (χ4n) is 1.20. The minimum atomic E-state index is -0.227. The van der Waals surface area contributed by atoms with E-state index in [0.717, 1.165) is 0 Å². The predicted octanol–water partition coefficient (Wildman–Crippen LogP) is 2.10. The maximum absolute atomic E-state index is 11.4. The lowest BCUT2D eigenvalue weighted by Crippen LogP contribution is -2.21. The highest BCUT2D eigenvalue weighted by Gasteiger charge is 2.12. The Labute approximate surface area is 81.6 Å². The van der Waals surface area contributed by atoms with Crippen LogP contribution in [0.5, 0.6) is 5.88 Å². The van der Waals surface area contributed by atoms with Crippen molar-refractivity contribution in [1.82, 2.24) is 4.57 Å². The van der Waals surface area contributed by atoms with Crippen molar-refractivity contribution in [2.24, 2.45) is 0 Å². The molecule has 1 aromatic rings. The van der Waals surface area contributed by atoms with Gasteiger partial charge in [0.2, 0.25) is 5.88 Å². The van der Waals surface area contributed by atoms with Gasteiger partial charge in [-0.2, -0.15) is 0 Å². The molecule has 0 aliphatic carbocycles. The van der Waals surface area contributed by atoms with Gasteiger partial charge in [0.05, 0.1) is 0 Å². The molecule has 3 nitrogen and oxygen atoms in total. The number of pyridine rings is 1. The summed E-state index contributed by atoms with van der Waals surface area (Å²) in [5, 5.41) is 9.80. The largest absolute Gasteiger partial charge is 0.493 e. The van der Waals surface area contributed by atoms with Gasteiger partial charge in [0.25, 0.3) is 5.56 Å². The van der Waals surface area contributed by atoms with Crippen molar-refractivity contribution < 1.29 is 5.11 Å². The molecule has 0 saturated carbocycles. The van der Waals surface area contributed by atoms with Crippen LogP contribution >= 0.6 is 11.6 Å². The molecule has 0 spiro atoms. The fraction of sp³-hybridized carbons (Fsp3) is 0.444. The van der Waals surface area contributed by atoms with Crippen LogP contribution in [0.15, 0.2) is 10.9 Å². The molecule has 0 aliphatic heterocycles. The van der Waals surface area contributed by atoms with E-state index in [0.29, 0.717) is 5.56 Å². The van der Waals surface area contributed by atoms with Crippen molar-refractivity contribution in [2.45, 2.75) is 26.8 Å². The maximum atomic E-state index is 11.4. The van der Waals surface area contributed by atoms with Gasteiger partial charge in [0.15, 0.2) is 0 Å². The normalized spacial score (nSPS) is 10.8. The predicted molar refractivity (Wildman–Crippen MR) is 52.5 cm³/mol. The molecule has 1 rings (SSSR count). The third-order valence-electron chi connectivity index (χ3n) is 1.86. The monoisotopic (exact) mass is 201 g/mol. The summed E-state index contributed by atoms with van der Waals surface area (Å²) in [5.41, 5.74) is 0.371. The molecule has 1 heterocycles. The summed E-state index contributed by atoms with van der Waals surface area (Å²) in [6.07, 6.45) is 0. The first-order chi connectivity index (χ1) is 5.95. The third-order valence-corrected chi connectivity index (χ3v) is 2.33. The molecule has 0 unspecified atom stereocenters. The summed E-state index contributed by atoms with van der Waals surface area (Å²) in [6, 6.07) is 1.33. The van der Waals surface area contributed by atoms with Gasteiger partial charge in [-0.05, 0) is 26.3 Å². The Hall–Kier alpha value is -0.960. The van der Waals surface area contributed by atoms with Gasteiger partial charge in [0, 0.05) is 12.1 Å². The number of halogens is 1. The summed E-state index contributed by atoms with van der Waals surface area (Å²) >= 11 is 5.79. The van der Waals surface area contributed by atoms with E-state index >= 15 is 0 Å². The number of aryl methyl sites for hydroxylation is 1. The van der Waals surface area contributed by atoms with E-state index in [4.69, 9.17) is 11.6 Å². The van der Waals surface area contributed by atoms with Crippen LogP contribution < -0.4 is 5.56 Å². The van der Waals surface area contributed by atoms with Crippen LogP contribution in [0.4, 0.5) is 0 Å². The topological polar surface area (TPSA) is 42.2 Å². The second-order valence-electron chi connectivity index (χ2n) is 3.27. The molecular weight excluding hydrogens is 190 g/mol. The van der Waals surface area contributed by atoms with E-state index in [-0.39, 0.29) is 22.5 Å². The van der Waals surface area contributed by atoms with Crippen molar-refractivity contribution in [3.63, 3.8) is 0 Å². The van der Waals surface area contributed by atoms with E-state index in [1.54, 1.807) is 6.92 Å². The standard InChI is InChI=1S/C9H12ClNO2/c1-5(2)11-7(12)4-6(3)8(10)9(11)13/h4-5,13H,1-3H3. The first-order valence-electron chi connectivity index (χ1n) is 4.05. The van der Waals surface area contributed by atoms with Crippen molar-refractivity contribution in [1.29, 1.82) is 0 Å². The Kier molecular flexibility index (Phi) is 2.66. The lowest BCUT2D eigenvalue weighted by atomic mass is 10.2. The number of hydrogen-bond acceptors (Lipinski definition) is 2. The summed E-state index contributed by atoms with van der Waals surface area (Å²) in [4.78, 5) is 11.4. The number of nitrogens with zero attached hydrogens (tertiary/aromatic N) is 1. The zero-order valence-corrected chi connectivity index (χ0v) is 8.59. The zero-order chi connectivity index (χ0) is 10.2. The van der Waals surface area contributed by atoms with Crippen LogP contribution in [0, 0.1) is 6.92 Å². The Morgan fingerprint density at radius 1 is 1.54 bits per heavy atom. The molecule has 13 heavy (non-hydrogen) atoms. The minimum Gasteiger partial charge on any atom is -0.493 e. The maximum Gasteiger partial charge on any atom is 0.253 e. The van der Waals surface area contributed by atoms with Crippen LogP contribution in [-0.4, -0.2) is 9.67 Å². The SMILES string of the molecule is Cc1cc(=O)n(C(C)C)c(O)c1Cl. The average Bonchev–Trinajstić information content (AvgIpc) is 1.99. The molecular formula is C9H12ClNO2.